The summed E-state index contributed by atoms with van der Waals surface area (Å²) in [5.74, 6) is -1.20. The Morgan fingerprint density at radius 2 is 2.00 bits per heavy atom. The van der Waals surface area contributed by atoms with E-state index < -0.39 is 11.8 Å². The summed E-state index contributed by atoms with van der Waals surface area (Å²) in [6.45, 7) is 9.77. The quantitative estimate of drug-likeness (QED) is 0.578. The molecule has 170 valence electrons. The highest BCUT2D eigenvalue weighted by molar-refractivity contribution is 5.94. The lowest BCUT2D eigenvalue weighted by Crippen LogP contribution is -2.28. The van der Waals surface area contributed by atoms with E-state index in [9.17, 15) is 15.0 Å². The minimum Gasteiger partial charge on any atom is -0.478 e. The summed E-state index contributed by atoms with van der Waals surface area (Å²) in [5, 5.41) is 19.7. The third-order valence-electron chi connectivity index (χ3n) is 6.32. The van der Waals surface area contributed by atoms with Crippen molar-refractivity contribution in [3.8, 4) is 0 Å². The van der Waals surface area contributed by atoms with Gasteiger partial charge < -0.3 is 19.7 Å². The minimum atomic E-state index is -0.913. The molecule has 0 aromatic heterocycles. The maximum absolute atomic E-state index is 11.7. The maximum atomic E-state index is 11.7. The van der Waals surface area contributed by atoms with Gasteiger partial charge in [-0.05, 0) is 58.1 Å². The van der Waals surface area contributed by atoms with E-state index in [1.54, 1.807) is 0 Å². The van der Waals surface area contributed by atoms with Gasteiger partial charge in [-0.15, -0.1) is 0 Å². The Morgan fingerprint density at radius 1 is 1.26 bits per heavy atom. The molecular weight excluding hydrogens is 392 g/mol. The number of hydrogen-bond donors (Lipinski definition) is 2. The van der Waals surface area contributed by atoms with E-state index in [1.807, 2.05) is 52.0 Å². The largest absolute Gasteiger partial charge is 0.478 e. The van der Waals surface area contributed by atoms with Crippen LogP contribution in [0.3, 0.4) is 0 Å². The van der Waals surface area contributed by atoms with E-state index in [-0.39, 0.29) is 30.1 Å². The monoisotopic (exact) mass is 428 g/mol. The standard InChI is InChI=1S/C26H36O5/c1-16-14-18(3)23(25(28)29)20(15-16)9-7-11-22-24(31-26(4,5)30-22)17(2)12-13-19-8-6-10-21(19)27/h7,9,12-15,17,19,21-22,24,27H,6,8,10-11H2,1-5H3,(H,28,29)/b9-7+,13-12-/t17?,19?,21?,22-,24+/m0/s1. The van der Waals surface area contributed by atoms with Crippen LogP contribution in [0.5, 0.6) is 0 Å². The summed E-state index contributed by atoms with van der Waals surface area (Å²) in [4.78, 5) is 11.7. The van der Waals surface area contributed by atoms with Crippen molar-refractivity contribution in [2.45, 2.75) is 84.4 Å². The van der Waals surface area contributed by atoms with Gasteiger partial charge in [-0.2, -0.15) is 0 Å². The smallest absolute Gasteiger partial charge is 0.336 e. The van der Waals surface area contributed by atoms with Crippen molar-refractivity contribution >= 4 is 12.0 Å². The summed E-state index contributed by atoms with van der Waals surface area (Å²) >= 11 is 0. The zero-order valence-corrected chi connectivity index (χ0v) is 19.3. The molecule has 0 bridgehead atoms. The van der Waals surface area contributed by atoms with E-state index in [4.69, 9.17) is 9.47 Å². The molecule has 5 heteroatoms. The highest BCUT2D eigenvalue weighted by Crippen LogP contribution is 2.35. The SMILES string of the molecule is Cc1cc(C)c(C(=O)O)c(/C=C/C[C@@H]2OC(C)(C)O[C@@H]2C(C)/C=C\C2CCCC2O)c1. The average molecular weight is 429 g/mol. The van der Waals surface area contributed by atoms with E-state index in [0.717, 1.165) is 30.4 Å². The van der Waals surface area contributed by atoms with Crippen molar-refractivity contribution in [1.29, 1.82) is 0 Å². The lowest BCUT2D eigenvalue weighted by molar-refractivity contribution is -0.148. The van der Waals surface area contributed by atoms with Gasteiger partial charge in [-0.1, -0.05) is 55.3 Å². The number of carbonyl (C=O) groups is 1. The Bertz CT molecular complexity index is 854. The molecule has 3 unspecified atom stereocenters. The molecule has 31 heavy (non-hydrogen) atoms. The molecule has 3 rings (SSSR count). The van der Waals surface area contributed by atoms with Gasteiger partial charge in [0.1, 0.15) is 0 Å². The molecule has 1 heterocycles. The molecule has 1 saturated heterocycles. The van der Waals surface area contributed by atoms with Crippen molar-refractivity contribution in [1.82, 2.24) is 0 Å². The van der Waals surface area contributed by atoms with E-state index in [1.165, 1.54) is 0 Å². The van der Waals surface area contributed by atoms with Crippen LogP contribution < -0.4 is 0 Å². The van der Waals surface area contributed by atoms with E-state index in [2.05, 4.69) is 19.1 Å². The van der Waals surface area contributed by atoms with Crippen molar-refractivity contribution in [2.75, 3.05) is 0 Å². The molecule has 2 N–H and O–H groups in total. The molecule has 1 saturated carbocycles. The Kier molecular flexibility index (Phi) is 7.40. The molecule has 1 aromatic carbocycles. The number of ether oxygens (including phenoxy) is 2. The summed E-state index contributed by atoms with van der Waals surface area (Å²) in [5.41, 5.74) is 2.85. The minimum absolute atomic E-state index is 0.104. The summed E-state index contributed by atoms with van der Waals surface area (Å²) in [6.07, 6.45) is 11.3. The number of benzene rings is 1. The normalized spacial score (nSPS) is 29.2. The zero-order valence-electron chi connectivity index (χ0n) is 19.3. The fourth-order valence-corrected chi connectivity index (χ4v) is 4.87. The van der Waals surface area contributed by atoms with Crippen molar-refractivity contribution in [3.63, 3.8) is 0 Å². The zero-order chi connectivity index (χ0) is 22.8. The van der Waals surface area contributed by atoms with Gasteiger partial charge in [0.2, 0.25) is 0 Å². The first-order valence-electron chi connectivity index (χ1n) is 11.3. The number of carboxylic acids is 1. The van der Waals surface area contributed by atoms with E-state index >= 15 is 0 Å². The van der Waals surface area contributed by atoms with Gasteiger partial charge in [0, 0.05) is 11.8 Å². The third kappa shape index (κ3) is 5.85. The lowest BCUT2D eigenvalue weighted by Gasteiger charge is -2.21. The van der Waals surface area contributed by atoms with Gasteiger partial charge in [-0.25, -0.2) is 4.79 Å². The first-order valence-corrected chi connectivity index (χ1v) is 11.3. The Hall–Kier alpha value is -1.95. The predicted octanol–water partition coefficient (Wildman–Crippen LogP) is 5.28. The van der Waals surface area contributed by atoms with Crippen LogP contribution in [0.4, 0.5) is 0 Å². The highest BCUT2D eigenvalue weighted by atomic mass is 16.7. The second-order valence-corrected chi connectivity index (χ2v) is 9.53. The highest BCUT2D eigenvalue weighted by Gasteiger charge is 2.42. The van der Waals surface area contributed by atoms with Gasteiger partial charge in [0.25, 0.3) is 0 Å². The fraction of sp³-hybridized carbons (Fsp3) is 0.577. The molecule has 1 aliphatic heterocycles. The molecule has 0 amide bonds. The third-order valence-corrected chi connectivity index (χ3v) is 6.32. The predicted molar refractivity (Wildman–Crippen MR) is 122 cm³/mol. The number of aryl methyl sites for hydroxylation is 2. The van der Waals surface area contributed by atoms with Crippen LogP contribution in [0.25, 0.3) is 6.08 Å². The summed E-state index contributed by atoms with van der Waals surface area (Å²) in [7, 11) is 0. The van der Waals surface area contributed by atoms with Crippen LogP contribution in [0.2, 0.25) is 0 Å². The van der Waals surface area contributed by atoms with Crippen LogP contribution >= 0.6 is 0 Å². The first kappa shape index (κ1) is 23.7. The van der Waals surface area contributed by atoms with Crippen LogP contribution in [-0.4, -0.2) is 40.3 Å². The van der Waals surface area contributed by atoms with Crippen LogP contribution in [0.15, 0.2) is 30.4 Å². The second kappa shape index (κ2) is 9.68. The number of carboxylic acid groups (broad SMARTS) is 1. The number of aromatic carboxylic acids is 1. The van der Waals surface area contributed by atoms with Crippen molar-refractivity contribution in [2.24, 2.45) is 11.8 Å². The number of rotatable bonds is 7. The molecule has 0 spiro atoms. The average Bonchev–Trinajstić information content (AvgIpc) is 3.20. The fourth-order valence-electron chi connectivity index (χ4n) is 4.87. The topological polar surface area (TPSA) is 76.0 Å². The lowest BCUT2D eigenvalue weighted by atomic mass is 9.94. The maximum Gasteiger partial charge on any atom is 0.336 e. The van der Waals surface area contributed by atoms with Gasteiger partial charge in [-0.3, -0.25) is 0 Å². The molecule has 1 aliphatic carbocycles. The number of hydrogen-bond acceptors (Lipinski definition) is 4. The molecule has 2 fully saturated rings. The molecule has 2 aliphatic rings. The Morgan fingerprint density at radius 3 is 2.65 bits per heavy atom. The Labute approximate surface area is 185 Å². The molecular formula is C26H36O5. The summed E-state index contributed by atoms with van der Waals surface area (Å²) in [6, 6.07) is 3.79. The molecule has 5 atom stereocenters. The molecule has 5 nitrogen and oxygen atoms in total. The molecule has 0 radical (unpaired) electrons. The Balaban J connectivity index is 1.72. The summed E-state index contributed by atoms with van der Waals surface area (Å²) < 4.78 is 12.4. The molecule has 1 aromatic rings. The van der Waals surface area contributed by atoms with Gasteiger partial charge in [0.15, 0.2) is 5.79 Å². The van der Waals surface area contributed by atoms with Crippen molar-refractivity contribution < 1.29 is 24.5 Å². The van der Waals surface area contributed by atoms with Gasteiger partial charge in [0.05, 0.1) is 23.9 Å². The number of aliphatic hydroxyl groups excluding tert-OH is 1. The number of aliphatic hydroxyl groups is 1. The van der Waals surface area contributed by atoms with Crippen LogP contribution in [0.1, 0.15) is 73.5 Å². The first-order chi connectivity index (χ1) is 14.6. The van der Waals surface area contributed by atoms with Crippen LogP contribution in [0, 0.1) is 25.7 Å². The van der Waals surface area contributed by atoms with Gasteiger partial charge >= 0.3 is 5.97 Å². The van der Waals surface area contributed by atoms with E-state index in [0.29, 0.717) is 17.5 Å². The van der Waals surface area contributed by atoms with Crippen LogP contribution in [-0.2, 0) is 9.47 Å². The second-order valence-electron chi connectivity index (χ2n) is 9.53. The van der Waals surface area contributed by atoms with Crippen molar-refractivity contribution in [3.05, 3.63) is 52.6 Å².